The number of methoxy groups -OCH3 is 3. The molecule has 3 aliphatic heterocycles. The lowest BCUT2D eigenvalue weighted by Gasteiger charge is -2.52. The predicted octanol–water partition coefficient (Wildman–Crippen LogP) is 2.19. The number of nitrogens with zero attached hydrogens (tertiary/aromatic N) is 2. The van der Waals surface area contributed by atoms with E-state index in [1.54, 1.807) is 33.5 Å². The molecule has 0 aliphatic carbocycles. The molecule has 3 aliphatic rings. The molecule has 0 spiro atoms. The zero-order valence-corrected chi connectivity index (χ0v) is 16.8. The van der Waals surface area contributed by atoms with Gasteiger partial charge >= 0.3 is 0 Å². The maximum atomic E-state index is 13.3. The van der Waals surface area contributed by atoms with E-state index >= 15 is 0 Å². The summed E-state index contributed by atoms with van der Waals surface area (Å²) in [4.78, 5) is 29.6. The number of fused-ring (bicyclic) bond motifs is 4. The number of carbonyl (C=O) groups excluding carboxylic acids is 2. The van der Waals surface area contributed by atoms with E-state index in [0.717, 1.165) is 25.8 Å². The molecule has 7 nitrogen and oxygen atoms in total. The summed E-state index contributed by atoms with van der Waals surface area (Å²) < 4.78 is 16.1. The second kappa shape index (κ2) is 7.53. The van der Waals surface area contributed by atoms with Crippen molar-refractivity contribution in [1.82, 2.24) is 9.80 Å². The summed E-state index contributed by atoms with van der Waals surface area (Å²) in [6, 6.07) is 3.71. The molecule has 1 aromatic carbocycles. The van der Waals surface area contributed by atoms with Crippen LogP contribution in [0.3, 0.4) is 0 Å². The van der Waals surface area contributed by atoms with Crippen LogP contribution in [0.2, 0.25) is 0 Å². The summed E-state index contributed by atoms with van der Waals surface area (Å²) in [6.45, 7) is 2.15. The fourth-order valence-electron chi connectivity index (χ4n) is 5.16. The molecule has 2 amide bonds. The highest BCUT2D eigenvalue weighted by atomic mass is 16.5. The van der Waals surface area contributed by atoms with Crippen LogP contribution in [-0.2, 0) is 4.79 Å². The first-order valence-corrected chi connectivity index (χ1v) is 9.94. The minimum Gasteiger partial charge on any atom is -0.493 e. The molecule has 3 heterocycles. The van der Waals surface area contributed by atoms with Gasteiger partial charge in [-0.15, -0.1) is 0 Å². The van der Waals surface area contributed by atoms with Crippen LogP contribution in [0.1, 0.15) is 36.0 Å². The van der Waals surface area contributed by atoms with E-state index in [1.165, 1.54) is 0 Å². The van der Waals surface area contributed by atoms with E-state index in [0.29, 0.717) is 54.2 Å². The minimum absolute atomic E-state index is 0.0236. The molecule has 2 bridgehead atoms. The number of amides is 2. The van der Waals surface area contributed by atoms with Gasteiger partial charge in [-0.3, -0.25) is 9.59 Å². The zero-order valence-electron chi connectivity index (χ0n) is 16.8. The first-order chi connectivity index (χ1) is 13.5. The lowest BCUT2D eigenvalue weighted by molar-refractivity contribution is -0.144. The number of piperidine rings is 3. The van der Waals surface area contributed by atoms with Crippen LogP contribution in [0.4, 0.5) is 0 Å². The van der Waals surface area contributed by atoms with Gasteiger partial charge in [0.2, 0.25) is 11.7 Å². The zero-order chi connectivity index (χ0) is 19.8. The Bertz CT molecular complexity index is 755. The normalized spacial score (nSPS) is 26.5. The molecule has 152 valence electrons. The Balaban J connectivity index is 1.57. The number of ether oxygens (including phenoxy) is 3. The van der Waals surface area contributed by atoms with Crippen LogP contribution in [0.5, 0.6) is 17.2 Å². The van der Waals surface area contributed by atoms with E-state index in [2.05, 4.69) is 4.90 Å². The van der Waals surface area contributed by atoms with Gasteiger partial charge in [0, 0.05) is 37.7 Å². The first-order valence-electron chi connectivity index (χ1n) is 9.94. The van der Waals surface area contributed by atoms with Crippen LogP contribution >= 0.6 is 0 Å². The van der Waals surface area contributed by atoms with Crippen molar-refractivity contribution in [2.75, 3.05) is 41.0 Å². The summed E-state index contributed by atoms with van der Waals surface area (Å²) in [5.74, 6) is 2.41. The van der Waals surface area contributed by atoms with Gasteiger partial charge < -0.3 is 24.0 Å². The summed E-state index contributed by atoms with van der Waals surface area (Å²) in [5, 5.41) is 0. The molecule has 0 radical (unpaired) electrons. The van der Waals surface area contributed by atoms with E-state index in [9.17, 15) is 9.59 Å². The van der Waals surface area contributed by atoms with Crippen molar-refractivity contribution < 1.29 is 23.8 Å². The van der Waals surface area contributed by atoms with Crippen LogP contribution in [0.15, 0.2) is 12.1 Å². The van der Waals surface area contributed by atoms with Crippen LogP contribution in [0.25, 0.3) is 0 Å². The van der Waals surface area contributed by atoms with Crippen molar-refractivity contribution >= 4 is 11.8 Å². The van der Waals surface area contributed by atoms with Crippen molar-refractivity contribution in [3.05, 3.63) is 17.7 Å². The van der Waals surface area contributed by atoms with Gasteiger partial charge in [-0.05, 0) is 43.2 Å². The van der Waals surface area contributed by atoms with Crippen LogP contribution < -0.4 is 14.2 Å². The summed E-state index contributed by atoms with van der Waals surface area (Å²) in [7, 11) is 4.64. The van der Waals surface area contributed by atoms with Gasteiger partial charge in [-0.25, -0.2) is 0 Å². The van der Waals surface area contributed by atoms with E-state index in [-0.39, 0.29) is 17.9 Å². The van der Waals surface area contributed by atoms with Crippen molar-refractivity contribution in [3.8, 4) is 17.2 Å². The first kappa shape index (κ1) is 18.9. The second-order valence-corrected chi connectivity index (χ2v) is 7.99. The Morgan fingerprint density at radius 2 is 1.75 bits per heavy atom. The maximum absolute atomic E-state index is 13.3. The highest BCUT2D eigenvalue weighted by Gasteiger charge is 2.45. The molecule has 28 heavy (non-hydrogen) atoms. The average molecular weight is 388 g/mol. The number of benzene rings is 1. The molecule has 3 fully saturated rings. The minimum atomic E-state index is -0.0236. The third kappa shape index (κ3) is 3.16. The van der Waals surface area contributed by atoms with Crippen molar-refractivity contribution in [1.29, 1.82) is 0 Å². The number of hydrogen-bond acceptors (Lipinski definition) is 5. The summed E-state index contributed by atoms with van der Waals surface area (Å²) in [6.07, 6.45) is 3.79. The lowest BCUT2D eigenvalue weighted by atomic mass is 9.76. The van der Waals surface area contributed by atoms with Crippen LogP contribution in [-0.4, -0.2) is 68.6 Å². The van der Waals surface area contributed by atoms with Gasteiger partial charge in [0.05, 0.1) is 21.3 Å². The van der Waals surface area contributed by atoms with E-state index in [1.807, 2.05) is 4.90 Å². The molecular formula is C21H28N2O5. The fourth-order valence-corrected chi connectivity index (χ4v) is 5.16. The third-order valence-corrected chi connectivity index (χ3v) is 6.38. The summed E-state index contributed by atoms with van der Waals surface area (Å²) in [5.41, 5.74) is 0.533. The molecule has 0 N–H and O–H groups in total. The SMILES string of the molecule is COc1cc(C(=O)N2C[C@@H]3C[C@H](C2)C2CCCC(=O)N2C3)cc(OC)c1OC. The fraction of sp³-hybridized carbons (Fsp3) is 0.619. The van der Waals surface area contributed by atoms with Crippen molar-refractivity contribution in [2.45, 2.75) is 31.7 Å². The number of likely N-dealkylation sites (tertiary alicyclic amines) is 1. The van der Waals surface area contributed by atoms with E-state index in [4.69, 9.17) is 14.2 Å². The molecule has 0 saturated carbocycles. The molecule has 4 rings (SSSR count). The second-order valence-electron chi connectivity index (χ2n) is 7.99. The smallest absolute Gasteiger partial charge is 0.254 e. The van der Waals surface area contributed by atoms with Gasteiger partial charge in [-0.2, -0.15) is 0 Å². The molecule has 1 aromatic rings. The van der Waals surface area contributed by atoms with Crippen molar-refractivity contribution in [2.24, 2.45) is 11.8 Å². The van der Waals surface area contributed by atoms with Gasteiger partial charge in [0.1, 0.15) is 0 Å². The summed E-state index contributed by atoms with van der Waals surface area (Å²) >= 11 is 0. The molecular weight excluding hydrogens is 360 g/mol. The monoisotopic (exact) mass is 388 g/mol. The predicted molar refractivity (Wildman–Crippen MR) is 103 cm³/mol. The van der Waals surface area contributed by atoms with Gasteiger partial charge in [0.25, 0.3) is 5.91 Å². The lowest BCUT2D eigenvalue weighted by Crippen LogP contribution is -2.61. The Hall–Kier alpha value is -2.44. The van der Waals surface area contributed by atoms with Gasteiger partial charge in [-0.1, -0.05) is 0 Å². The molecule has 1 unspecified atom stereocenters. The Labute approximate surface area is 165 Å². The Morgan fingerprint density at radius 1 is 1.04 bits per heavy atom. The number of hydrogen-bond donors (Lipinski definition) is 0. The molecule has 3 saturated heterocycles. The maximum Gasteiger partial charge on any atom is 0.254 e. The van der Waals surface area contributed by atoms with Crippen LogP contribution in [0, 0.1) is 11.8 Å². The molecule has 3 atom stereocenters. The largest absolute Gasteiger partial charge is 0.493 e. The standard InChI is InChI=1S/C21H28N2O5/c1-26-17-8-14(9-18(27-2)20(17)28-3)21(25)22-10-13-7-15(12-22)16-5-4-6-19(24)23(16)11-13/h8-9,13,15-16H,4-7,10-12H2,1-3H3/t13-,15+,16?/m0/s1. The Morgan fingerprint density at radius 3 is 2.39 bits per heavy atom. The highest BCUT2D eigenvalue weighted by molar-refractivity contribution is 5.95. The third-order valence-electron chi connectivity index (χ3n) is 6.38. The number of rotatable bonds is 4. The number of carbonyl (C=O) groups is 2. The molecule has 7 heteroatoms. The van der Waals surface area contributed by atoms with E-state index < -0.39 is 0 Å². The van der Waals surface area contributed by atoms with Crippen molar-refractivity contribution in [3.63, 3.8) is 0 Å². The average Bonchev–Trinajstić information content (AvgIpc) is 2.72. The Kier molecular flexibility index (Phi) is 5.08. The quantitative estimate of drug-likeness (QED) is 0.791. The topological polar surface area (TPSA) is 68.3 Å². The molecule has 0 aromatic heterocycles. The van der Waals surface area contributed by atoms with Gasteiger partial charge in [0.15, 0.2) is 11.5 Å². The highest BCUT2D eigenvalue weighted by Crippen LogP contribution is 2.41.